The molecule has 2 aliphatic rings. The van der Waals surface area contributed by atoms with Crippen LogP contribution >= 0.6 is 0 Å². The van der Waals surface area contributed by atoms with Gasteiger partial charge in [0.05, 0.1) is 18.6 Å². The van der Waals surface area contributed by atoms with E-state index in [0.29, 0.717) is 30.1 Å². The minimum atomic E-state index is -3.33. The van der Waals surface area contributed by atoms with Crippen molar-refractivity contribution in [1.29, 1.82) is 0 Å². The molecule has 0 spiro atoms. The quantitative estimate of drug-likeness (QED) is 0.888. The van der Waals surface area contributed by atoms with Crippen molar-refractivity contribution in [3.63, 3.8) is 0 Å². The molecule has 138 valence electrons. The van der Waals surface area contributed by atoms with E-state index >= 15 is 0 Å². The second kappa shape index (κ2) is 7.64. The van der Waals surface area contributed by atoms with Crippen LogP contribution in [-0.4, -0.2) is 33.7 Å². The van der Waals surface area contributed by atoms with Crippen LogP contribution in [0, 0.1) is 5.92 Å². The summed E-state index contributed by atoms with van der Waals surface area (Å²) in [4.78, 5) is 12.5. The van der Waals surface area contributed by atoms with Crippen LogP contribution in [0.5, 0.6) is 5.75 Å². The lowest BCUT2D eigenvalue weighted by Crippen LogP contribution is -2.38. The molecule has 3 rings (SSSR count). The molecule has 1 aliphatic heterocycles. The van der Waals surface area contributed by atoms with Gasteiger partial charge in [0.2, 0.25) is 15.9 Å². The van der Waals surface area contributed by atoms with Gasteiger partial charge in [0.25, 0.3) is 0 Å². The Balaban J connectivity index is 1.83. The second-order valence-corrected chi connectivity index (χ2v) is 8.82. The Kier molecular flexibility index (Phi) is 5.51. The van der Waals surface area contributed by atoms with Crippen LogP contribution in [0.15, 0.2) is 18.2 Å². The van der Waals surface area contributed by atoms with Crippen molar-refractivity contribution in [1.82, 2.24) is 0 Å². The third kappa shape index (κ3) is 4.08. The standard InChI is InChI=1S/C18H26N2O4S/c1-24-17-10-9-15(19-18(21)14-7-3-2-4-8-14)13-16(17)20-11-5-6-12-25(20,22)23/h9-10,13-14H,2-8,11-12H2,1H3,(H,19,21). The van der Waals surface area contributed by atoms with Crippen LogP contribution in [0.2, 0.25) is 0 Å². The van der Waals surface area contributed by atoms with E-state index in [1.165, 1.54) is 17.8 Å². The predicted molar refractivity (Wildman–Crippen MR) is 98.6 cm³/mol. The van der Waals surface area contributed by atoms with Crippen molar-refractivity contribution in [3.05, 3.63) is 18.2 Å². The molecule has 1 saturated carbocycles. The number of amides is 1. The zero-order chi connectivity index (χ0) is 17.9. The Morgan fingerprint density at radius 3 is 2.60 bits per heavy atom. The molecular weight excluding hydrogens is 340 g/mol. The van der Waals surface area contributed by atoms with Gasteiger partial charge in [-0.2, -0.15) is 0 Å². The number of nitrogens with one attached hydrogen (secondary N) is 1. The summed E-state index contributed by atoms with van der Waals surface area (Å²) in [5.41, 5.74) is 1.12. The van der Waals surface area contributed by atoms with E-state index in [1.807, 2.05) is 0 Å². The van der Waals surface area contributed by atoms with E-state index in [-0.39, 0.29) is 17.6 Å². The molecule has 1 saturated heterocycles. The van der Waals surface area contributed by atoms with Crippen molar-refractivity contribution >= 4 is 27.3 Å². The summed E-state index contributed by atoms with van der Waals surface area (Å²) >= 11 is 0. The summed E-state index contributed by atoms with van der Waals surface area (Å²) in [5.74, 6) is 0.728. The molecule has 0 radical (unpaired) electrons. The molecule has 1 heterocycles. The Labute approximate surface area is 149 Å². The first-order valence-corrected chi connectivity index (χ1v) is 10.6. The average molecular weight is 366 g/mol. The van der Waals surface area contributed by atoms with Gasteiger partial charge in [-0.3, -0.25) is 9.10 Å². The molecule has 0 unspecified atom stereocenters. The van der Waals surface area contributed by atoms with Crippen LogP contribution in [0.1, 0.15) is 44.9 Å². The minimum absolute atomic E-state index is 0.0253. The fourth-order valence-corrected chi connectivity index (χ4v) is 5.27. The zero-order valence-corrected chi connectivity index (χ0v) is 15.5. The van der Waals surface area contributed by atoms with Gasteiger partial charge in [0, 0.05) is 18.2 Å². The molecule has 0 atom stereocenters. The van der Waals surface area contributed by atoms with Gasteiger partial charge in [-0.25, -0.2) is 8.42 Å². The van der Waals surface area contributed by atoms with Gasteiger partial charge < -0.3 is 10.1 Å². The SMILES string of the molecule is COc1ccc(NC(=O)C2CCCCC2)cc1N1CCCCS1(=O)=O. The number of hydrogen-bond acceptors (Lipinski definition) is 4. The lowest BCUT2D eigenvalue weighted by molar-refractivity contribution is -0.120. The van der Waals surface area contributed by atoms with Crippen molar-refractivity contribution in [2.75, 3.05) is 29.0 Å². The number of rotatable bonds is 4. The molecule has 1 aromatic carbocycles. The van der Waals surface area contributed by atoms with Gasteiger partial charge in [0.1, 0.15) is 5.75 Å². The fourth-order valence-electron chi connectivity index (χ4n) is 3.63. The molecule has 1 amide bonds. The summed E-state index contributed by atoms with van der Waals surface area (Å²) in [6.45, 7) is 0.443. The van der Waals surface area contributed by atoms with E-state index in [0.717, 1.165) is 32.1 Å². The first kappa shape index (κ1) is 18.0. The maximum absolute atomic E-state index is 12.5. The number of anilines is 2. The van der Waals surface area contributed by atoms with E-state index in [4.69, 9.17) is 4.74 Å². The summed E-state index contributed by atoms with van der Waals surface area (Å²) in [6, 6.07) is 5.19. The highest BCUT2D eigenvalue weighted by molar-refractivity contribution is 7.92. The monoisotopic (exact) mass is 366 g/mol. The second-order valence-electron chi connectivity index (χ2n) is 6.81. The number of carbonyl (C=O) groups excluding carboxylic acids is 1. The lowest BCUT2D eigenvalue weighted by atomic mass is 9.88. The first-order chi connectivity index (χ1) is 12.0. The van der Waals surface area contributed by atoms with Crippen LogP contribution in [0.4, 0.5) is 11.4 Å². The third-order valence-electron chi connectivity index (χ3n) is 5.04. The molecule has 1 N–H and O–H groups in total. The number of hydrogen-bond donors (Lipinski definition) is 1. The third-order valence-corrected chi connectivity index (χ3v) is 6.90. The molecule has 0 bridgehead atoms. The molecule has 6 nitrogen and oxygen atoms in total. The maximum Gasteiger partial charge on any atom is 0.235 e. The minimum Gasteiger partial charge on any atom is -0.495 e. The Morgan fingerprint density at radius 2 is 1.92 bits per heavy atom. The number of carbonyl (C=O) groups is 1. The number of ether oxygens (including phenoxy) is 1. The van der Waals surface area contributed by atoms with Gasteiger partial charge in [-0.15, -0.1) is 0 Å². The van der Waals surface area contributed by atoms with E-state index in [1.54, 1.807) is 18.2 Å². The summed E-state index contributed by atoms with van der Waals surface area (Å²) in [5, 5.41) is 2.95. The van der Waals surface area contributed by atoms with Gasteiger partial charge in [-0.1, -0.05) is 19.3 Å². The van der Waals surface area contributed by atoms with Gasteiger partial charge >= 0.3 is 0 Å². The van der Waals surface area contributed by atoms with Crippen LogP contribution in [-0.2, 0) is 14.8 Å². The van der Waals surface area contributed by atoms with Crippen molar-refractivity contribution in [2.45, 2.75) is 44.9 Å². The molecule has 1 aliphatic carbocycles. The lowest BCUT2D eigenvalue weighted by Gasteiger charge is -2.30. The number of nitrogens with zero attached hydrogens (tertiary/aromatic N) is 1. The van der Waals surface area contributed by atoms with E-state index < -0.39 is 10.0 Å². The topological polar surface area (TPSA) is 75.7 Å². The summed E-state index contributed by atoms with van der Waals surface area (Å²) in [7, 11) is -1.81. The molecule has 25 heavy (non-hydrogen) atoms. The molecular formula is C18H26N2O4S. The fraction of sp³-hybridized carbons (Fsp3) is 0.611. The molecule has 7 heteroatoms. The maximum atomic E-state index is 12.5. The van der Waals surface area contributed by atoms with Crippen molar-refractivity contribution < 1.29 is 17.9 Å². The zero-order valence-electron chi connectivity index (χ0n) is 14.7. The average Bonchev–Trinajstić information content (AvgIpc) is 2.62. The van der Waals surface area contributed by atoms with Gasteiger partial charge in [-0.05, 0) is 43.9 Å². The summed E-state index contributed by atoms with van der Waals surface area (Å²) < 4.78 is 31.6. The van der Waals surface area contributed by atoms with Crippen molar-refractivity contribution in [3.8, 4) is 5.75 Å². The molecule has 1 aromatic rings. The van der Waals surface area contributed by atoms with Crippen LogP contribution in [0.25, 0.3) is 0 Å². The number of sulfonamides is 1. The Morgan fingerprint density at radius 1 is 1.16 bits per heavy atom. The highest BCUT2D eigenvalue weighted by Crippen LogP contribution is 2.35. The van der Waals surface area contributed by atoms with E-state index in [2.05, 4.69) is 5.32 Å². The van der Waals surface area contributed by atoms with Crippen molar-refractivity contribution in [2.24, 2.45) is 5.92 Å². The van der Waals surface area contributed by atoms with Gasteiger partial charge in [0.15, 0.2) is 0 Å². The smallest absolute Gasteiger partial charge is 0.235 e. The Bertz CT molecular complexity index is 727. The predicted octanol–water partition coefficient (Wildman–Crippen LogP) is 3.14. The Hall–Kier alpha value is -1.76. The normalized spacial score (nSPS) is 20.9. The number of benzene rings is 1. The molecule has 0 aromatic heterocycles. The van der Waals surface area contributed by atoms with Crippen LogP contribution < -0.4 is 14.4 Å². The largest absolute Gasteiger partial charge is 0.495 e. The highest BCUT2D eigenvalue weighted by atomic mass is 32.2. The summed E-state index contributed by atoms with van der Waals surface area (Å²) in [6.07, 6.45) is 6.74. The highest BCUT2D eigenvalue weighted by Gasteiger charge is 2.29. The van der Waals surface area contributed by atoms with E-state index in [9.17, 15) is 13.2 Å². The first-order valence-electron chi connectivity index (χ1n) is 9.00. The number of methoxy groups -OCH3 is 1. The van der Waals surface area contributed by atoms with Crippen LogP contribution in [0.3, 0.4) is 0 Å². The molecule has 2 fully saturated rings.